The third-order valence-corrected chi connectivity index (χ3v) is 4.84. The summed E-state index contributed by atoms with van der Waals surface area (Å²) in [5.41, 5.74) is 0.759. The fourth-order valence-electron chi connectivity index (χ4n) is 3.29. The number of anilines is 1. The number of piperidine rings is 1. The summed E-state index contributed by atoms with van der Waals surface area (Å²) < 4.78 is 0. The highest BCUT2D eigenvalue weighted by molar-refractivity contribution is 6.31. The van der Waals surface area contributed by atoms with Gasteiger partial charge in [0.05, 0.1) is 0 Å². The summed E-state index contributed by atoms with van der Waals surface area (Å²) in [6.07, 6.45) is 2.83. The van der Waals surface area contributed by atoms with E-state index >= 15 is 0 Å². The van der Waals surface area contributed by atoms with Gasteiger partial charge in [-0.1, -0.05) is 17.7 Å². The highest BCUT2D eigenvalue weighted by Gasteiger charge is 2.37. The van der Waals surface area contributed by atoms with E-state index in [2.05, 4.69) is 10.6 Å². The molecule has 2 heterocycles. The Labute approximate surface area is 153 Å². The first-order chi connectivity index (χ1) is 11.1. The molecule has 2 saturated heterocycles. The molecule has 0 radical (unpaired) electrons. The lowest BCUT2D eigenvalue weighted by molar-refractivity contribution is -0.132. The van der Waals surface area contributed by atoms with Gasteiger partial charge in [0, 0.05) is 23.8 Å². The Morgan fingerprint density at radius 1 is 1.38 bits per heavy atom. The molecular weight excluding hydrogens is 349 g/mol. The van der Waals surface area contributed by atoms with Gasteiger partial charge in [-0.3, -0.25) is 9.59 Å². The summed E-state index contributed by atoms with van der Waals surface area (Å²) in [6, 6.07) is 7.19. The normalized spacial score (nSPS) is 23.7. The first kappa shape index (κ1) is 19.0. The van der Waals surface area contributed by atoms with Crippen molar-refractivity contribution < 1.29 is 9.59 Å². The molecule has 0 aromatic heterocycles. The van der Waals surface area contributed by atoms with Crippen molar-refractivity contribution in [3.63, 3.8) is 0 Å². The van der Waals surface area contributed by atoms with Crippen LogP contribution in [0.3, 0.4) is 0 Å². The summed E-state index contributed by atoms with van der Waals surface area (Å²) in [6.45, 7) is 3.20. The first-order valence-electron chi connectivity index (χ1n) is 8.20. The summed E-state index contributed by atoms with van der Waals surface area (Å²) >= 11 is 5.98. The minimum absolute atomic E-state index is 0. The van der Waals surface area contributed by atoms with Crippen molar-refractivity contribution in [2.45, 2.75) is 19.3 Å². The molecule has 2 atom stereocenters. The predicted molar refractivity (Wildman–Crippen MR) is 97.8 cm³/mol. The second-order valence-corrected chi connectivity index (χ2v) is 6.70. The Bertz CT molecular complexity index is 591. The number of nitrogens with zero attached hydrogens (tertiary/aromatic N) is 1. The molecule has 24 heavy (non-hydrogen) atoms. The molecule has 132 valence electrons. The highest BCUT2D eigenvalue weighted by atomic mass is 35.5. The van der Waals surface area contributed by atoms with Crippen LogP contribution in [0.15, 0.2) is 24.3 Å². The number of carbonyl (C=O) groups excluding carboxylic acids is 2. The third kappa shape index (κ3) is 4.41. The Balaban J connectivity index is 0.00000208. The molecule has 2 aliphatic rings. The van der Waals surface area contributed by atoms with E-state index in [-0.39, 0.29) is 24.2 Å². The first-order valence-corrected chi connectivity index (χ1v) is 8.58. The Morgan fingerprint density at radius 3 is 2.92 bits per heavy atom. The average Bonchev–Trinajstić information content (AvgIpc) is 2.95. The lowest BCUT2D eigenvalue weighted by atomic mass is 9.99. The van der Waals surface area contributed by atoms with Crippen molar-refractivity contribution in [3.8, 4) is 0 Å². The molecule has 0 spiro atoms. The van der Waals surface area contributed by atoms with E-state index in [4.69, 9.17) is 11.6 Å². The summed E-state index contributed by atoms with van der Waals surface area (Å²) in [7, 11) is 0. The summed E-state index contributed by atoms with van der Waals surface area (Å²) in [4.78, 5) is 26.5. The molecule has 2 N–H and O–H groups in total. The van der Waals surface area contributed by atoms with E-state index in [1.807, 2.05) is 12.1 Å². The van der Waals surface area contributed by atoms with E-state index in [1.54, 1.807) is 17.0 Å². The maximum atomic E-state index is 12.5. The van der Waals surface area contributed by atoms with Gasteiger partial charge in [0.25, 0.3) is 0 Å². The van der Waals surface area contributed by atoms with E-state index in [0.29, 0.717) is 30.5 Å². The number of amides is 2. The molecule has 1 aromatic rings. The van der Waals surface area contributed by atoms with Gasteiger partial charge in [-0.05, 0) is 56.5 Å². The number of benzene rings is 1. The van der Waals surface area contributed by atoms with Crippen LogP contribution >= 0.6 is 24.0 Å². The number of rotatable bonds is 4. The molecule has 0 aliphatic carbocycles. The van der Waals surface area contributed by atoms with Gasteiger partial charge in [0.2, 0.25) is 11.8 Å². The van der Waals surface area contributed by atoms with Gasteiger partial charge < -0.3 is 15.5 Å². The predicted octanol–water partition coefficient (Wildman–Crippen LogP) is 2.23. The van der Waals surface area contributed by atoms with Crippen molar-refractivity contribution in [1.82, 2.24) is 10.6 Å². The van der Waals surface area contributed by atoms with Crippen molar-refractivity contribution in [1.29, 1.82) is 0 Å². The van der Waals surface area contributed by atoms with Crippen molar-refractivity contribution in [2.75, 3.05) is 31.1 Å². The standard InChI is InChI=1S/C17H22ClN3O2.ClH/c18-13-4-1-5-14(9-13)21-8-6-15(17(21)23)16(22)20-11-12-3-2-7-19-10-12;/h1,4-5,9,12,15,19H,2-3,6-8,10-11H2,(H,20,22);1H. The van der Waals surface area contributed by atoms with Crippen LogP contribution in [0.1, 0.15) is 19.3 Å². The molecular formula is C17H23Cl2N3O2. The minimum atomic E-state index is -0.578. The zero-order chi connectivity index (χ0) is 16.2. The van der Waals surface area contributed by atoms with Crippen LogP contribution in [0, 0.1) is 11.8 Å². The van der Waals surface area contributed by atoms with E-state index in [0.717, 1.165) is 31.6 Å². The number of nitrogens with one attached hydrogen (secondary N) is 2. The lowest BCUT2D eigenvalue weighted by Crippen LogP contribution is -2.42. The smallest absolute Gasteiger partial charge is 0.239 e. The van der Waals surface area contributed by atoms with Gasteiger partial charge >= 0.3 is 0 Å². The zero-order valence-corrected chi connectivity index (χ0v) is 15.0. The van der Waals surface area contributed by atoms with Crippen molar-refractivity contribution in [2.24, 2.45) is 11.8 Å². The molecule has 2 amide bonds. The largest absolute Gasteiger partial charge is 0.355 e. The van der Waals surface area contributed by atoms with Crippen LogP contribution in [0.4, 0.5) is 5.69 Å². The Hall–Kier alpha value is -1.30. The Kier molecular flexibility index (Phi) is 6.90. The second kappa shape index (κ2) is 8.70. The van der Waals surface area contributed by atoms with Gasteiger partial charge in [-0.15, -0.1) is 12.4 Å². The van der Waals surface area contributed by atoms with Crippen LogP contribution in [0.25, 0.3) is 0 Å². The monoisotopic (exact) mass is 371 g/mol. The fourth-order valence-corrected chi connectivity index (χ4v) is 3.47. The maximum absolute atomic E-state index is 12.5. The topological polar surface area (TPSA) is 61.4 Å². The molecule has 2 aliphatic heterocycles. The molecule has 3 rings (SSSR count). The Morgan fingerprint density at radius 2 is 2.21 bits per heavy atom. The molecule has 2 unspecified atom stereocenters. The van der Waals surface area contributed by atoms with Crippen LogP contribution in [0.5, 0.6) is 0 Å². The number of hydrogen-bond donors (Lipinski definition) is 2. The second-order valence-electron chi connectivity index (χ2n) is 6.27. The quantitative estimate of drug-likeness (QED) is 0.797. The lowest BCUT2D eigenvalue weighted by Gasteiger charge is -2.23. The molecule has 0 saturated carbocycles. The average molecular weight is 372 g/mol. The zero-order valence-electron chi connectivity index (χ0n) is 13.5. The van der Waals surface area contributed by atoms with Gasteiger partial charge in [-0.25, -0.2) is 0 Å². The molecule has 1 aromatic carbocycles. The van der Waals surface area contributed by atoms with Gasteiger partial charge in [0.1, 0.15) is 5.92 Å². The van der Waals surface area contributed by atoms with Crippen LogP contribution in [0.2, 0.25) is 5.02 Å². The van der Waals surface area contributed by atoms with Crippen LogP contribution in [-0.2, 0) is 9.59 Å². The summed E-state index contributed by atoms with van der Waals surface area (Å²) in [5, 5.41) is 6.88. The van der Waals surface area contributed by atoms with Crippen LogP contribution in [-0.4, -0.2) is 38.0 Å². The minimum Gasteiger partial charge on any atom is -0.355 e. The fraction of sp³-hybridized carbons (Fsp3) is 0.529. The van der Waals surface area contributed by atoms with Crippen LogP contribution < -0.4 is 15.5 Å². The van der Waals surface area contributed by atoms with E-state index in [9.17, 15) is 9.59 Å². The molecule has 0 bridgehead atoms. The molecule has 2 fully saturated rings. The van der Waals surface area contributed by atoms with E-state index < -0.39 is 5.92 Å². The number of carbonyl (C=O) groups is 2. The maximum Gasteiger partial charge on any atom is 0.239 e. The van der Waals surface area contributed by atoms with Gasteiger partial charge in [-0.2, -0.15) is 0 Å². The van der Waals surface area contributed by atoms with Crippen molar-refractivity contribution >= 4 is 41.5 Å². The number of hydrogen-bond acceptors (Lipinski definition) is 3. The molecule has 7 heteroatoms. The number of halogens is 2. The van der Waals surface area contributed by atoms with E-state index in [1.165, 1.54) is 0 Å². The SMILES string of the molecule is Cl.O=C(NCC1CCCNC1)C1CCN(c2cccc(Cl)c2)C1=O. The molecule has 5 nitrogen and oxygen atoms in total. The third-order valence-electron chi connectivity index (χ3n) is 4.61. The van der Waals surface area contributed by atoms with Crippen molar-refractivity contribution in [3.05, 3.63) is 29.3 Å². The summed E-state index contributed by atoms with van der Waals surface area (Å²) in [5.74, 6) is -0.393. The van der Waals surface area contributed by atoms with Gasteiger partial charge in [0.15, 0.2) is 0 Å². The highest BCUT2D eigenvalue weighted by Crippen LogP contribution is 2.27.